The van der Waals surface area contributed by atoms with E-state index in [1.807, 2.05) is 6.92 Å². The topological polar surface area (TPSA) is 26.3 Å². The summed E-state index contributed by atoms with van der Waals surface area (Å²) in [6.45, 7) is 4.88. The van der Waals surface area contributed by atoms with E-state index in [0.29, 0.717) is 6.61 Å². The van der Waals surface area contributed by atoms with E-state index >= 15 is 0 Å². The Labute approximate surface area is 91.7 Å². The molecular weight excluding hydrogens is 279 g/mol. The zero-order valence-corrected chi connectivity index (χ0v) is 10.8. The van der Waals surface area contributed by atoms with Crippen molar-refractivity contribution in [2.75, 3.05) is 11.0 Å². The Morgan fingerprint density at radius 3 is 2.46 bits per heavy atom. The number of hydrogen-bond donors (Lipinski definition) is 0. The van der Waals surface area contributed by atoms with Gasteiger partial charge in [-0.2, -0.15) is 0 Å². The maximum atomic E-state index is 11.0. The third-order valence-electron chi connectivity index (χ3n) is 1.71. The Bertz CT molecular complexity index is 126. The van der Waals surface area contributed by atoms with Crippen LogP contribution in [0.4, 0.5) is 4.79 Å². The van der Waals surface area contributed by atoms with Gasteiger partial charge in [0.1, 0.15) is 0 Å². The number of ether oxygens (including phenoxy) is 1. The van der Waals surface area contributed by atoms with Crippen LogP contribution in [0.25, 0.3) is 0 Å². The fourth-order valence-electron chi connectivity index (χ4n) is 1.01. The van der Waals surface area contributed by atoms with Crippen molar-refractivity contribution >= 4 is 3.98 Å². The first-order chi connectivity index (χ1) is 6.31. The van der Waals surface area contributed by atoms with Gasteiger partial charge >= 0.3 is 91.7 Å². The number of carbonyl (C=O) groups is 1. The Balaban J connectivity index is 3.02. The zero-order valence-electron chi connectivity index (χ0n) is 8.64. The van der Waals surface area contributed by atoms with Gasteiger partial charge < -0.3 is 0 Å². The standard InChI is InChI=1S/C10H20IO2/c1-3-5-6-7-8-9-13-10(12)11-4-2/h3-9H2,1-2H3/q-1. The number of hydrogen-bond acceptors (Lipinski definition) is 2. The first-order valence-corrected chi connectivity index (χ1v) is 7.67. The fourth-order valence-corrected chi connectivity index (χ4v) is 2.07. The average Bonchev–Trinajstić information content (AvgIpc) is 2.11. The monoisotopic (exact) mass is 299 g/mol. The molecule has 0 aromatic rings. The Morgan fingerprint density at radius 1 is 1.15 bits per heavy atom. The predicted molar refractivity (Wildman–Crippen MR) is 50.6 cm³/mol. The molecule has 0 radical (unpaired) electrons. The van der Waals surface area contributed by atoms with Crippen LogP contribution in [0, 0.1) is 0 Å². The molecule has 13 heavy (non-hydrogen) atoms. The third kappa shape index (κ3) is 10.1. The van der Waals surface area contributed by atoms with Crippen LogP contribution in [-0.4, -0.2) is 15.0 Å². The summed E-state index contributed by atoms with van der Waals surface area (Å²) in [5.41, 5.74) is 0. The van der Waals surface area contributed by atoms with Crippen LogP contribution in [0.2, 0.25) is 0 Å². The summed E-state index contributed by atoms with van der Waals surface area (Å²) in [5, 5.41) is 0. The number of halogens is 1. The first-order valence-electron chi connectivity index (χ1n) is 5.07. The summed E-state index contributed by atoms with van der Waals surface area (Å²) >= 11 is -0.325. The Morgan fingerprint density at radius 2 is 1.85 bits per heavy atom. The van der Waals surface area contributed by atoms with E-state index in [-0.39, 0.29) is 25.2 Å². The van der Waals surface area contributed by atoms with Crippen LogP contribution >= 0.6 is 0 Å². The van der Waals surface area contributed by atoms with Crippen LogP contribution in [0.15, 0.2) is 0 Å². The molecule has 0 unspecified atom stereocenters. The average molecular weight is 299 g/mol. The molecule has 0 bridgehead atoms. The van der Waals surface area contributed by atoms with E-state index in [0.717, 1.165) is 10.8 Å². The number of alkyl halides is 1. The van der Waals surface area contributed by atoms with Crippen molar-refractivity contribution in [3.8, 4) is 0 Å². The molecule has 0 atom stereocenters. The van der Waals surface area contributed by atoms with Crippen molar-refractivity contribution in [3.63, 3.8) is 0 Å². The van der Waals surface area contributed by atoms with Crippen LogP contribution < -0.4 is 21.2 Å². The molecule has 0 fully saturated rings. The van der Waals surface area contributed by atoms with Gasteiger partial charge in [0, 0.05) is 0 Å². The molecule has 80 valence electrons. The van der Waals surface area contributed by atoms with Gasteiger partial charge in [-0.1, -0.05) is 0 Å². The predicted octanol–water partition coefficient (Wildman–Crippen LogP) is 0.202. The Kier molecular flexibility index (Phi) is 10.4. The maximum absolute atomic E-state index is 11.0. The molecule has 0 saturated heterocycles. The second-order valence-electron chi connectivity index (χ2n) is 2.90. The summed E-state index contributed by atoms with van der Waals surface area (Å²) in [6.07, 6.45) is 6.08. The molecule has 0 aromatic heterocycles. The van der Waals surface area contributed by atoms with Gasteiger partial charge in [-0.15, -0.1) is 0 Å². The van der Waals surface area contributed by atoms with Gasteiger partial charge in [0.2, 0.25) is 0 Å². The van der Waals surface area contributed by atoms with Gasteiger partial charge in [0.05, 0.1) is 0 Å². The summed E-state index contributed by atoms with van der Waals surface area (Å²) in [5.74, 6) is 0. The van der Waals surface area contributed by atoms with E-state index in [1.165, 1.54) is 25.7 Å². The zero-order chi connectivity index (χ0) is 9.94. The first kappa shape index (κ1) is 13.2. The van der Waals surface area contributed by atoms with E-state index in [4.69, 9.17) is 4.74 Å². The summed E-state index contributed by atoms with van der Waals surface area (Å²) in [7, 11) is 0. The molecule has 0 aliphatic heterocycles. The van der Waals surface area contributed by atoms with Gasteiger partial charge in [-0.3, -0.25) is 0 Å². The molecule has 0 N–H and O–H groups in total. The minimum atomic E-state index is -0.325. The van der Waals surface area contributed by atoms with E-state index in [2.05, 4.69) is 6.92 Å². The van der Waals surface area contributed by atoms with Crippen molar-refractivity contribution in [1.82, 2.24) is 0 Å². The van der Waals surface area contributed by atoms with Gasteiger partial charge in [-0.25, -0.2) is 0 Å². The molecule has 2 nitrogen and oxygen atoms in total. The molecule has 0 aliphatic carbocycles. The van der Waals surface area contributed by atoms with E-state index in [9.17, 15) is 4.79 Å². The van der Waals surface area contributed by atoms with Crippen LogP contribution in [0.3, 0.4) is 0 Å². The van der Waals surface area contributed by atoms with Gasteiger partial charge in [-0.05, 0) is 0 Å². The summed E-state index contributed by atoms with van der Waals surface area (Å²) in [6, 6.07) is 0. The molecule has 0 aromatic carbocycles. The second kappa shape index (κ2) is 10.3. The second-order valence-corrected chi connectivity index (χ2v) is 6.07. The van der Waals surface area contributed by atoms with Crippen LogP contribution in [0.1, 0.15) is 46.0 Å². The van der Waals surface area contributed by atoms with E-state index < -0.39 is 0 Å². The Hall–Kier alpha value is 0.200. The molecule has 0 heterocycles. The van der Waals surface area contributed by atoms with Crippen molar-refractivity contribution in [1.29, 1.82) is 0 Å². The van der Waals surface area contributed by atoms with Crippen molar-refractivity contribution in [2.24, 2.45) is 0 Å². The minimum absolute atomic E-state index is 0.0665. The number of carbonyl (C=O) groups excluding carboxylic acids is 1. The molecular formula is C10H20IO2-. The number of unbranched alkanes of at least 4 members (excludes halogenated alkanes) is 4. The SMILES string of the molecule is CCCCCCCOC(=O)[I-]CC. The molecule has 0 saturated carbocycles. The van der Waals surface area contributed by atoms with Crippen molar-refractivity contribution in [2.45, 2.75) is 46.0 Å². The van der Waals surface area contributed by atoms with Crippen LogP contribution in [0.5, 0.6) is 0 Å². The molecule has 3 heteroatoms. The summed E-state index contributed by atoms with van der Waals surface area (Å²) in [4.78, 5) is 11.0. The van der Waals surface area contributed by atoms with Crippen molar-refractivity contribution < 1.29 is 30.7 Å². The molecule has 0 rings (SSSR count). The van der Waals surface area contributed by atoms with Crippen molar-refractivity contribution in [3.05, 3.63) is 0 Å². The molecule has 0 aliphatic rings. The quantitative estimate of drug-likeness (QED) is 0.277. The molecule has 0 amide bonds. The normalized spacial score (nSPS) is 10.3. The summed E-state index contributed by atoms with van der Waals surface area (Å²) < 4.78 is 6.13. The third-order valence-corrected chi connectivity index (χ3v) is 3.40. The van der Waals surface area contributed by atoms with E-state index in [1.54, 1.807) is 0 Å². The molecule has 0 spiro atoms. The van der Waals surface area contributed by atoms with Gasteiger partial charge in [0.25, 0.3) is 0 Å². The fraction of sp³-hybridized carbons (Fsp3) is 0.900. The van der Waals surface area contributed by atoms with Crippen LogP contribution in [-0.2, 0) is 4.74 Å². The number of rotatable bonds is 8. The van der Waals surface area contributed by atoms with Gasteiger partial charge in [0.15, 0.2) is 0 Å².